The molecule has 0 saturated carbocycles. The Balaban J connectivity index is 1.58. The van der Waals surface area contributed by atoms with E-state index in [9.17, 15) is 4.39 Å². The van der Waals surface area contributed by atoms with Crippen molar-refractivity contribution in [1.29, 1.82) is 0 Å². The van der Waals surface area contributed by atoms with E-state index < -0.39 is 0 Å². The number of hydrogen-bond donors (Lipinski definition) is 2. The van der Waals surface area contributed by atoms with E-state index in [1.54, 1.807) is 0 Å². The summed E-state index contributed by atoms with van der Waals surface area (Å²) >= 11 is 0. The third-order valence-electron chi connectivity index (χ3n) is 4.91. The minimum Gasteiger partial charge on any atom is -0.406 e. The normalized spacial score (nSPS) is 21.9. The number of aliphatic hydroxyl groups is 1. The molecule has 2 heterocycles. The number of hydroxylamine groups is 2. The van der Waals surface area contributed by atoms with E-state index in [0.717, 1.165) is 44.6 Å². The molecule has 122 valence electrons. The lowest BCUT2D eigenvalue weighted by molar-refractivity contribution is -0.102. The lowest BCUT2D eigenvalue weighted by Gasteiger charge is -2.43. The van der Waals surface area contributed by atoms with Crippen molar-refractivity contribution in [3.8, 4) is 5.75 Å². The highest BCUT2D eigenvalue weighted by Crippen LogP contribution is 2.37. The largest absolute Gasteiger partial charge is 0.406 e. The number of piperidine rings is 2. The van der Waals surface area contributed by atoms with E-state index >= 15 is 0 Å². The van der Waals surface area contributed by atoms with Crippen molar-refractivity contribution in [2.45, 2.75) is 32.1 Å². The van der Waals surface area contributed by atoms with Crippen LogP contribution in [0.5, 0.6) is 5.75 Å². The number of benzene rings is 1. The molecule has 3 rings (SSSR count). The molecule has 0 bridgehead atoms. The fourth-order valence-electron chi connectivity index (χ4n) is 3.60. The molecule has 1 aromatic rings. The van der Waals surface area contributed by atoms with Crippen LogP contribution in [0.15, 0.2) is 18.2 Å². The van der Waals surface area contributed by atoms with Crippen molar-refractivity contribution < 1.29 is 14.3 Å². The van der Waals surface area contributed by atoms with Gasteiger partial charge < -0.3 is 15.3 Å². The summed E-state index contributed by atoms with van der Waals surface area (Å²) in [5.74, 6) is 0.215. The lowest BCUT2D eigenvalue weighted by Crippen LogP contribution is -2.48. The Hall–Kier alpha value is -1.17. The van der Waals surface area contributed by atoms with Gasteiger partial charge in [-0.2, -0.15) is 0 Å². The molecule has 0 aromatic heterocycles. The highest BCUT2D eigenvalue weighted by Gasteiger charge is 2.36. The Bertz CT molecular complexity index is 493. The number of aliphatic hydroxyl groups excluding tert-OH is 1. The molecule has 1 spiro atoms. The number of rotatable bonds is 4. The number of nitrogens with zero attached hydrogens (tertiary/aromatic N) is 1. The van der Waals surface area contributed by atoms with Crippen molar-refractivity contribution in [3.63, 3.8) is 0 Å². The first-order chi connectivity index (χ1) is 10.7. The van der Waals surface area contributed by atoms with Gasteiger partial charge in [0.25, 0.3) is 0 Å². The van der Waals surface area contributed by atoms with Crippen LogP contribution in [0, 0.1) is 11.2 Å². The van der Waals surface area contributed by atoms with Crippen LogP contribution in [0.25, 0.3) is 0 Å². The van der Waals surface area contributed by atoms with Crippen LogP contribution >= 0.6 is 0 Å². The Morgan fingerprint density at radius 2 is 2.05 bits per heavy atom. The average Bonchev–Trinajstić information content (AvgIpc) is 2.51. The van der Waals surface area contributed by atoms with Crippen LogP contribution in [0.3, 0.4) is 0 Å². The second-order valence-corrected chi connectivity index (χ2v) is 6.57. The average molecular weight is 308 g/mol. The van der Waals surface area contributed by atoms with Crippen LogP contribution < -0.4 is 10.2 Å². The van der Waals surface area contributed by atoms with Gasteiger partial charge in [0.1, 0.15) is 5.82 Å². The van der Waals surface area contributed by atoms with Gasteiger partial charge >= 0.3 is 0 Å². The number of hydrogen-bond acceptors (Lipinski definition) is 4. The molecule has 22 heavy (non-hydrogen) atoms. The summed E-state index contributed by atoms with van der Waals surface area (Å²) in [4.78, 5) is 5.85. The zero-order valence-corrected chi connectivity index (χ0v) is 13.0. The minimum atomic E-state index is -0.314. The van der Waals surface area contributed by atoms with E-state index in [1.165, 1.54) is 25.0 Å². The monoisotopic (exact) mass is 308 g/mol. The van der Waals surface area contributed by atoms with Gasteiger partial charge in [0, 0.05) is 32.3 Å². The molecule has 0 atom stereocenters. The molecule has 0 amide bonds. The Morgan fingerprint density at radius 3 is 2.73 bits per heavy atom. The fraction of sp³-hybridized carbons (Fsp3) is 0.647. The van der Waals surface area contributed by atoms with Gasteiger partial charge in [-0.05, 0) is 61.8 Å². The molecule has 2 aliphatic rings. The molecule has 1 aromatic carbocycles. The van der Waals surface area contributed by atoms with Crippen molar-refractivity contribution in [1.82, 2.24) is 10.4 Å². The summed E-state index contributed by atoms with van der Waals surface area (Å²) in [5.41, 5.74) is 1.20. The van der Waals surface area contributed by atoms with Gasteiger partial charge in [0.05, 0.1) is 0 Å². The molecule has 5 heteroatoms. The second kappa shape index (κ2) is 6.94. The Labute approximate surface area is 131 Å². The van der Waals surface area contributed by atoms with Crippen LogP contribution in [0.4, 0.5) is 4.39 Å². The number of halogens is 1. The quantitative estimate of drug-likeness (QED) is 0.894. The zero-order chi connectivity index (χ0) is 15.4. The maximum atomic E-state index is 13.6. The molecule has 2 saturated heterocycles. The summed E-state index contributed by atoms with van der Waals surface area (Å²) < 4.78 is 13.6. The first-order valence-corrected chi connectivity index (χ1v) is 8.23. The first-order valence-electron chi connectivity index (χ1n) is 8.23. The molecule has 0 unspecified atom stereocenters. The zero-order valence-electron chi connectivity index (χ0n) is 13.0. The van der Waals surface area contributed by atoms with E-state index in [-0.39, 0.29) is 12.4 Å². The third-order valence-corrected chi connectivity index (χ3v) is 4.91. The fourth-order valence-corrected chi connectivity index (χ4v) is 3.60. The minimum absolute atomic E-state index is 0.0160. The van der Waals surface area contributed by atoms with Gasteiger partial charge in [0.15, 0.2) is 5.75 Å². The Kier molecular flexibility index (Phi) is 4.96. The van der Waals surface area contributed by atoms with Crippen LogP contribution in [0.2, 0.25) is 0 Å². The Morgan fingerprint density at radius 1 is 1.23 bits per heavy atom. The van der Waals surface area contributed by atoms with E-state index in [4.69, 9.17) is 9.94 Å². The predicted octanol–water partition coefficient (Wildman–Crippen LogP) is 2.12. The summed E-state index contributed by atoms with van der Waals surface area (Å²) in [6, 6.07) is 4.67. The van der Waals surface area contributed by atoms with Gasteiger partial charge in [-0.15, -0.1) is 5.06 Å². The second-order valence-electron chi connectivity index (χ2n) is 6.57. The third kappa shape index (κ3) is 3.77. The standard InChI is InChI=1S/C17H25FN2O2/c18-15-10-14(2-9-21)11-16(12-15)22-20-7-4-17(5-8-20)3-1-6-19-13-17/h10-12,19,21H,1-9,13H2. The highest BCUT2D eigenvalue weighted by molar-refractivity contribution is 5.29. The molecule has 0 radical (unpaired) electrons. The lowest BCUT2D eigenvalue weighted by atomic mass is 9.73. The van der Waals surface area contributed by atoms with Crippen LogP contribution in [-0.4, -0.2) is 43.0 Å². The molecule has 0 aliphatic carbocycles. The SMILES string of the molecule is OCCc1cc(F)cc(ON2CCC3(CCCNC3)CC2)c1. The molecular formula is C17H25FN2O2. The molecule has 2 aliphatic heterocycles. The topological polar surface area (TPSA) is 44.7 Å². The van der Waals surface area contributed by atoms with Gasteiger partial charge in [-0.3, -0.25) is 0 Å². The van der Waals surface area contributed by atoms with Crippen molar-refractivity contribution in [2.75, 3.05) is 32.8 Å². The van der Waals surface area contributed by atoms with E-state index in [1.807, 2.05) is 11.1 Å². The summed E-state index contributed by atoms with van der Waals surface area (Å²) in [5, 5.41) is 14.4. The summed E-state index contributed by atoms with van der Waals surface area (Å²) in [7, 11) is 0. The molecular weight excluding hydrogens is 283 g/mol. The first kappa shape index (κ1) is 15.7. The maximum absolute atomic E-state index is 13.6. The highest BCUT2D eigenvalue weighted by atomic mass is 19.1. The summed E-state index contributed by atoms with van der Waals surface area (Å²) in [6.07, 6.45) is 5.25. The summed E-state index contributed by atoms with van der Waals surface area (Å²) in [6.45, 7) is 4.03. The predicted molar refractivity (Wildman–Crippen MR) is 83.2 cm³/mol. The number of nitrogens with one attached hydrogen (secondary N) is 1. The maximum Gasteiger partial charge on any atom is 0.150 e. The van der Waals surface area contributed by atoms with Crippen molar-refractivity contribution in [2.24, 2.45) is 5.41 Å². The van der Waals surface area contributed by atoms with Gasteiger partial charge in [-0.25, -0.2) is 4.39 Å². The van der Waals surface area contributed by atoms with E-state index in [2.05, 4.69) is 5.32 Å². The van der Waals surface area contributed by atoms with Crippen molar-refractivity contribution >= 4 is 0 Å². The molecule has 2 fully saturated rings. The van der Waals surface area contributed by atoms with E-state index in [0.29, 0.717) is 17.6 Å². The molecule has 4 nitrogen and oxygen atoms in total. The van der Waals surface area contributed by atoms with Gasteiger partial charge in [-0.1, -0.05) is 0 Å². The molecule has 2 N–H and O–H groups in total. The van der Waals surface area contributed by atoms with Gasteiger partial charge in [0.2, 0.25) is 0 Å². The van der Waals surface area contributed by atoms with Crippen LogP contribution in [-0.2, 0) is 6.42 Å². The van der Waals surface area contributed by atoms with Crippen molar-refractivity contribution in [3.05, 3.63) is 29.6 Å². The smallest absolute Gasteiger partial charge is 0.150 e. The van der Waals surface area contributed by atoms with Crippen LogP contribution in [0.1, 0.15) is 31.2 Å².